The Kier molecular flexibility index (Phi) is 5.01. The Morgan fingerprint density at radius 2 is 2.00 bits per heavy atom. The molecule has 29 heavy (non-hydrogen) atoms. The van der Waals surface area contributed by atoms with Crippen LogP contribution in [-0.2, 0) is 19.6 Å². The lowest BCUT2D eigenvalue weighted by molar-refractivity contribution is 0.249. The predicted octanol–water partition coefficient (Wildman–Crippen LogP) is 0.238. The van der Waals surface area contributed by atoms with E-state index in [1.807, 2.05) is 28.8 Å². The van der Waals surface area contributed by atoms with Crippen LogP contribution in [-0.4, -0.2) is 43.3 Å². The molecule has 2 amide bonds. The summed E-state index contributed by atoms with van der Waals surface area (Å²) in [6, 6.07) is 7.14. The first-order valence-corrected chi connectivity index (χ1v) is 8.99. The summed E-state index contributed by atoms with van der Waals surface area (Å²) in [6.45, 7) is 2.54. The lowest BCUT2D eigenvalue weighted by atomic mass is 10.1. The Morgan fingerprint density at radius 3 is 2.79 bits per heavy atom. The maximum atomic E-state index is 11.5. The van der Waals surface area contributed by atoms with Crippen molar-refractivity contribution in [2.24, 2.45) is 16.5 Å². The summed E-state index contributed by atoms with van der Waals surface area (Å²) in [5.41, 5.74) is 13.1. The van der Waals surface area contributed by atoms with E-state index in [0.717, 1.165) is 35.6 Å². The van der Waals surface area contributed by atoms with E-state index in [-0.39, 0.29) is 5.96 Å². The topological polar surface area (TPSA) is 153 Å². The molecular formula is C18H20N10O. The Bertz CT molecular complexity index is 1040. The fraction of sp³-hybridized carbons (Fsp3) is 0.222. The molecule has 1 aliphatic heterocycles. The molecule has 3 heterocycles. The van der Waals surface area contributed by atoms with Crippen LogP contribution in [0.25, 0.3) is 11.1 Å². The zero-order chi connectivity index (χ0) is 20.2. The number of nitrogens with one attached hydrogen (secondary N) is 1. The molecule has 1 aliphatic rings. The van der Waals surface area contributed by atoms with E-state index >= 15 is 0 Å². The van der Waals surface area contributed by atoms with Gasteiger partial charge in [-0.25, -0.2) is 14.8 Å². The SMILES string of the molecule is NC(N)=NC(=O)NCc1cccc(-c2cnc(N3CCn4cnnc4C3)nc2)c1. The van der Waals surface area contributed by atoms with Crippen molar-refractivity contribution in [1.29, 1.82) is 0 Å². The lowest BCUT2D eigenvalue weighted by Crippen LogP contribution is -2.34. The first-order valence-electron chi connectivity index (χ1n) is 8.99. The van der Waals surface area contributed by atoms with Crippen molar-refractivity contribution in [3.63, 3.8) is 0 Å². The second kappa shape index (κ2) is 7.92. The van der Waals surface area contributed by atoms with Gasteiger partial charge in [0.1, 0.15) is 6.33 Å². The number of carbonyl (C=O) groups is 1. The molecule has 11 heteroatoms. The van der Waals surface area contributed by atoms with E-state index in [1.54, 1.807) is 18.7 Å². The maximum absolute atomic E-state index is 11.5. The van der Waals surface area contributed by atoms with Crippen molar-refractivity contribution in [2.45, 2.75) is 19.6 Å². The van der Waals surface area contributed by atoms with Gasteiger partial charge in [0.2, 0.25) is 5.95 Å². The van der Waals surface area contributed by atoms with Gasteiger partial charge in [0.25, 0.3) is 0 Å². The molecule has 0 saturated heterocycles. The average Bonchev–Trinajstić information content (AvgIpc) is 3.20. The second-order valence-electron chi connectivity index (χ2n) is 6.53. The third-order valence-electron chi connectivity index (χ3n) is 4.49. The molecule has 0 spiro atoms. The molecule has 0 radical (unpaired) electrons. The number of nitrogens with zero attached hydrogens (tertiary/aromatic N) is 7. The molecule has 0 atom stereocenters. The molecule has 148 valence electrons. The molecule has 4 rings (SSSR count). The number of aromatic nitrogens is 5. The minimum absolute atomic E-state index is 0.276. The Balaban J connectivity index is 1.44. The summed E-state index contributed by atoms with van der Waals surface area (Å²) in [6.07, 6.45) is 5.32. The fourth-order valence-electron chi connectivity index (χ4n) is 3.07. The van der Waals surface area contributed by atoms with Crippen LogP contribution in [0.4, 0.5) is 10.7 Å². The number of amides is 2. The van der Waals surface area contributed by atoms with E-state index in [4.69, 9.17) is 11.5 Å². The fourth-order valence-corrected chi connectivity index (χ4v) is 3.07. The van der Waals surface area contributed by atoms with E-state index in [1.165, 1.54) is 0 Å². The highest BCUT2D eigenvalue weighted by molar-refractivity contribution is 5.90. The van der Waals surface area contributed by atoms with Crippen molar-refractivity contribution < 1.29 is 4.79 Å². The first kappa shape index (κ1) is 18.3. The van der Waals surface area contributed by atoms with E-state index in [9.17, 15) is 4.79 Å². The van der Waals surface area contributed by atoms with Crippen molar-refractivity contribution >= 4 is 17.9 Å². The minimum Gasteiger partial charge on any atom is -0.370 e. The number of benzene rings is 1. The van der Waals surface area contributed by atoms with Gasteiger partial charge in [0.05, 0.1) is 6.54 Å². The highest BCUT2D eigenvalue weighted by atomic mass is 16.2. The van der Waals surface area contributed by atoms with E-state index < -0.39 is 6.03 Å². The van der Waals surface area contributed by atoms with Crippen LogP contribution in [0, 0.1) is 0 Å². The number of hydrogen-bond acceptors (Lipinski definition) is 6. The molecule has 1 aromatic carbocycles. The van der Waals surface area contributed by atoms with Crippen LogP contribution in [0.5, 0.6) is 0 Å². The highest BCUT2D eigenvalue weighted by Gasteiger charge is 2.19. The highest BCUT2D eigenvalue weighted by Crippen LogP contribution is 2.21. The van der Waals surface area contributed by atoms with Crippen LogP contribution in [0.15, 0.2) is 48.0 Å². The summed E-state index contributed by atoms with van der Waals surface area (Å²) in [5, 5.41) is 10.7. The Morgan fingerprint density at radius 1 is 1.17 bits per heavy atom. The van der Waals surface area contributed by atoms with E-state index in [2.05, 4.69) is 35.4 Å². The Labute approximate surface area is 166 Å². The van der Waals surface area contributed by atoms with Gasteiger partial charge in [-0.2, -0.15) is 4.99 Å². The molecule has 0 aliphatic carbocycles. The third-order valence-corrected chi connectivity index (χ3v) is 4.49. The molecular weight excluding hydrogens is 372 g/mol. The summed E-state index contributed by atoms with van der Waals surface area (Å²) in [7, 11) is 0. The normalized spacial score (nSPS) is 12.9. The molecule has 0 unspecified atom stereocenters. The standard InChI is InChI=1S/C18H20N10O/c19-16(20)25-18(29)23-7-12-2-1-3-13(6-12)14-8-21-17(22-9-14)27-4-5-28-11-24-26-15(28)10-27/h1-3,6,8-9,11H,4-5,7,10H2,(H5,19,20,23,25,29). The van der Waals surface area contributed by atoms with Crippen LogP contribution >= 0.6 is 0 Å². The second-order valence-corrected chi connectivity index (χ2v) is 6.53. The van der Waals surface area contributed by atoms with Crippen LogP contribution in [0.3, 0.4) is 0 Å². The van der Waals surface area contributed by atoms with Gasteiger partial charge in [0.15, 0.2) is 11.8 Å². The monoisotopic (exact) mass is 392 g/mol. The zero-order valence-electron chi connectivity index (χ0n) is 15.6. The van der Waals surface area contributed by atoms with Crippen molar-refractivity contribution in [1.82, 2.24) is 30.0 Å². The minimum atomic E-state index is -0.583. The number of aliphatic imine (C=N–C) groups is 1. The molecule has 0 fully saturated rings. The van der Waals surface area contributed by atoms with Crippen molar-refractivity contribution in [3.8, 4) is 11.1 Å². The van der Waals surface area contributed by atoms with Crippen molar-refractivity contribution in [2.75, 3.05) is 11.4 Å². The molecule has 3 aromatic rings. The predicted molar refractivity (Wildman–Crippen MR) is 107 cm³/mol. The number of fused-ring (bicyclic) bond motifs is 1. The number of rotatable bonds is 4. The van der Waals surface area contributed by atoms with Gasteiger partial charge in [-0.05, 0) is 17.2 Å². The summed E-state index contributed by atoms with van der Waals surface area (Å²) >= 11 is 0. The lowest BCUT2D eigenvalue weighted by Gasteiger charge is -2.26. The Hall–Kier alpha value is -4.02. The maximum Gasteiger partial charge on any atom is 0.344 e. The van der Waals surface area contributed by atoms with E-state index in [0.29, 0.717) is 19.0 Å². The summed E-state index contributed by atoms with van der Waals surface area (Å²) < 4.78 is 2.03. The molecule has 0 saturated carbocycles. The summed E-state index contributed by atoms with van der Waals surface area (Å²) in [5.74, 6) is 1.28. The third kappa shape index (κ3) is 4.29. The molecule has 2 aromatic heterocycles. The van der Waals surface area contributed by atoms with Gasteiger partial charge in [-0.15, -0.1) is 10.2 Å². The van der Waals surface area contributed by atoms with Crippen LogP contribution < -0.4 is 21.7 Å². The van der Waals surface area contributed by atoms with Gasteiger partial charge in [0, 0.05) is 37.6 Å². The van der Waals surface area contributed by atoms with Crippen molar-refractivity contribution in [3.05, 3.63) is 54.4 Å². The summed E-state index contributed by atoms with van der Waals surface area (Å²) in [4.78, 5) is 26.1. The number of nitrogens with two attached hydrogens (primary N) is 2. The first-order chi connectivity index (χ1) is 14.1. The number of urea groups is 1. The number of hydrogen-bond donors (Lipinski definition) is 3. The van der Waals surface area contributed by atoms with Gasteiger partial charge in [-0.3, -0.25) is 0 Å². The van der Waals surface area contributed by atoms with Gasteiger partial charge < -0.3 is 26.3 Å². The molecule has 0 bridgehead atoms. The largest absolute Gasteiger partial charge is 0.370 e. The molecule has 5 N–H and O–H groups in total. The average molecular weight is 392 g/mol. The molecule has 11 nitrogen and oxygen atoms in total. The van der Waals surface area contributed by atoms with Crippen LogP contribution in [0.1, 0.15) is 11.4 Å². The van der Waals surface area contributed by atoms with Gasteiger partial charge in [-0.1, -0.05) is 18.2 Å². The van der Waals surface area contributed by atoms with Crippen LogP contribution in [0.2, 0.25) is 0 Å². The quantitative estimate of drug-likeness (QED) is 0.421. The number of anilines is 1. The van der Waals surface area contributed by atoms with Gasteiger partial charge >= 0.3 is 6.03 Å². The smallest absolute Gasteiger partial charge is 0.344 e. The number of guanidine groups is 1. The zero-order valence-corrected chi connectivity index (χ0v) is 15.6. The number of carbonyl (C=O) groups excluding carboxylic acids is 1.